The maximum Gasteiger partial charge on any atom is 0.267 e. The highest BCUT2D eigenvalue weighted by molar-refractivity contribution is 7.45. The molecule has 0 aliphatic carbocycles. The fourth-order valence-corrected chi connectivity index (χ4v) is 3.72. The van der Waals surface area contributed by atoms with Crippen LogP contribution in [0.4, 0.5) is 0 Å². The average molecular weight is 433 g/mol. The molecule has 6 nitrogen and oxygen atoms in total. The van der Waals surface area contributed by atoms with Crippen molar-refractivity contribution < 1.29 is 23.1 Å². The second-order valence-corrected chi connectivity index (χ2v) is 8.89. The molecule has 0 atom stereocenters. The fraction of sp³-hybridized carbons (Fsp3) is 0.864. The van der Waals surface area contributed by atoms with Crippen LogP contribution in [0.2, 0.25) is 0 Å². The first kappa shape index (κ1) is 28.3. The fourth-order valence-electron chi connectivity index (χ4n) is 2.83. The lowest BCUT2D eigenvalue weighted by Gasteiger charge is -2.21. The molecular formula is C22H45N2O4P. The molecule has 0 fully saturated rings. The summed E-state index contributed by atoms with van der Waals surface area (Å²) < 4.78 is 24.3. The van der Waals surface area contributed by atoms with Gasteiger partial charge in [-0.2, -0.15) is 0 Å². The quantitative estimate of drug-likeness (QED) is 0.182. The van der Waals surface area contributed by atoms with Crippen molar-refractivity contribution in [3.8, 4) is 0 Å². The Morgan fingerprint density at radius 1 is 0.828 bits per heavy atom. The van der Waals surface area contributed by atoms with Crippen LogP contribution in [0.25, 0.3) is 0 Å². The summed E-state index contributed by atoms with van der Waals surface area (Å²) >= 11 is 0. The maximum atomic E-state index is 10.7. The summed E-state index contributed by atoms with van der Waals surface area (Å²) in [5, 5.41) is 0. The zero-order valence-corrected chi connectivity index (χ0v) is 20.2. The van der Waals surface area contributed by atoms with Gasteiger partial charge in [0.25, 0.3) is 7.82 Å². The van der Waals surface area contributed by atoms with Gasteiger partial charge in [0.1, 0.15) is 12.4 Å². The summed E-state index contributed by atoms with van der Waals surface area (Å²) in [6.07, 6.45) is 20.4. The van der Waals surface area contributed by atoms with Crippen LogP contribution in [0.15, 0.2) is 18.7 Å². The molecule has 1 rings (SSSR count). The SMILES string of the molecule is CCCCCCCCCCn1cc[n+](CCC)c1.CCCOP(=O)([O-])OCCC. The molecular weight excluding hydrogens is 387 g/mol. The highest BCUT2D eigenvalue weighted by Crippen LogP contribution is 2.38. The van der Waals surface area contributed by atoms with E-state index in [0.717, 1.165) is 6.54 Å². The van der Waals surface area contributed by atoms with Crippen LogP contribution in [0.1, 0.15) is 98.3 Å². The first-order valence-corrected chi connectivity index (χ1v) is 13.1. The van der Waals surface area contributed by atoms with Crippen molar-refractivity contribution in [3.63, 3.8) is 0 Å². The Morgan fingerprint density at radius 3 is 1.90 bits per heavy atom. The van der Waals surface area contributed by atoms with Crippen LogP contribution in [-0.2, 0) is 26.7 Å². The van der Waals surface area contributed by atoms with E-state index in [1.807, 2.05) is 13.8 Å². The molecule has 0 saturated carbocycles. The van der Waals surface area contributed by atoms with Crippen LogP contribution in [-0.4, -0.2) is 17.8 Å². The minimum Gasteiger partial charge on any atom is -0.756 e. The highest BCUT2D eigenvalue weighted by Gasteiger charge is 2.06. The number of aryl methyl sites for hydroxylation is 2. The zero-order chi connectivity index (χ0) is 21.8. The van der Waals surface area contributed by atoms with Crippen molar-refractivity contribution in [1.29, 1.82) is 0 Å². The van der Waals surface area contributed by atoms with Gasteiger partial charge in [-0.1, -0.05) is 66.2 Å². The topological polar surface area (TPSA) is 67.4 Å². The predicted octanol–water partition coefficient (Wildman–Crippen LogP) is 5.63. The number of rotatable bonds is 17. The molecule has 0 aromatic carbocycles. The van der Waals surface area contributed by atoms with E-state index >= 15 is 0 Å². The highest BCUT2D eigenvalue weighted by atomic mass is 31.2. The van der Waals surface area contributed by atoms with Crippen molar-refractivity contribution >= 4 is 7.82 Å². The second-order valence-electron chi connectivity index (χ2n) is 7.48. The average Bonchev–Trinajstić information content (AvgIpc) is 3.15. The molecule has 0 radical (unpaired) electrons. The van der Waals surface area contributed by atoms with E-state index < -0.39 is 7.82 Å². The Kier molecular flexibility index (Phi) is 18.8. The van der Waals surface area contributed by atoms with Crippen molar-refractivity contribution in [3.05, 3.63) is 18.7 Å². The minimum absolute atomic E-state index is 0.199. The van der Waals surface area contributed by atoms with E-state index in [1.165, 1.54) is 64.3 Å². The smallest absolute Gasteiger partial charge is 0.267 e. The number of nitrogens with zero attached hydrogens (tertiary/aromatic N) is 2. The Hall–Kier alpha value is -0.680. The number of unbranched alkanes of at least 4 members (excludes halogenated alkanes) is 7. The number of imidazole rings is 1. The first-order valence-electron chi connectivity index (χ1n) is 11.6. The lowest BCUT2D eigenvalue weighted by atomic mass is 10.1. The Balaban J connectivity index is 0.000000614. The van der Waals surface area contributed by atoms with E-state index in [2.05, 4.69) is 50.8 Å². The second kappa shape index (κ2) is 19.3. The molecule has 0 aliphatic heterocycles. The molecule has 0 unspecified atom stereocenters. The van der Waals surface area contributed by atoms with E-state index in [1.54, 1.807) is 0 Å². The molecule has 7 heteroatoms. The summed E-state index contributed by atoms with van der Waals surface area (Å²) in [5.74, 6) is 0. The van der Waals surface area contributed by atoms with Gasteiger partial charge in [0.05, 0.1) is 26.3 Å². The van der Waals surface area contributed by atoms with Crippen LogP contribution in [0.5, 0.6) is 0 Å². The Morgan fingerprint density at radius 2 is 1.38 bits per heavy atom. The van der Waals surface area contributed by atoms with Gasteiger partial charge in [0, 0.05) is 0 Å². The summed E-state index contributed by atoms with van der Waals surface area (Å²) in [4.78, 5) is 10.7. The molecule has 1 aromatic rings. The lowest BCUT2D eigenvalue weighted by Crippen LogP contribution is -2.30. The number of hydrogen-bond donors (Lipinski definition) is 0. The van der Waals surface area contributed by atoms with Gasteiger partial charge in [-0.25, -0.2) is 9.13 Å². The zero-order valence-electron chi connectivity index (χ0n) is 19.3. The molecule has 1 heterocycles. The molecule has 0 bridgehead atoms. The minimum atomic E-state index is -3.98. The van der Waals surface area contributed by atoms with E-state index in [9.17, 15) is 9.46 Å². The Labute approximate surface area is 179 Å². The maximum absolute atomic E-state index is 10.7. The van der Waals surface area contributed by atoms with Crippen molar-refractivity contribution in [2.24, 2.45) is 0 Å². The van der Waals surface area contributed by atoms with Gasteiger partial charge in [0.2, 0.25) is 6.33 Å². The van der Waals surface area contributed by atoms with Crippen LogP contribution < -0.4 is 9.46 Å². The Bertz CT molecular complexity index is 511. The van der Waals surface area contributed by atoms with Crippen molar-refractivity contribution in [2.45, 2.75) is 111 Å². The predicted molar refractivity (Wildman–Crippen MR) is 118 cm³/mol. The molecule has 0 amide bonds. The number of phosphoric ester groups is 1. The number of aromatic nitrogens is 2. The van der Waals surface area contributed by atoms with Crippen LogP contribution >= 0.6 is 7.82 Å². The molecule has 172 valence electrons. The molecule has 0 spiro atoms. The van der Waals surface area contributed by atoms with Crippen molar-refractivity contribution in [2.75, 3.05) is 13.2 Å². The van der Waals surface area contributed by atoms with Gasteiger partial charge in [-0.05, 0) is 32.1 Å². The van der Waals surface area contributed by atoms with Gasteiger partial charge in [-0.15, -0.1) is 0 Å². The van der Waals surface area contributed by atoms with E-state index in [-0.39, 0.29) is 13.2 Å². The van der Waals surface area contributed by atoms with Crippen LogP contribution in [0, 0.1) is 0 Å². The largest absolute Gasteiger partial charge is 0.756 e. The molecule has 1 aromatic heterocycles. The molecule has 0 N–H and O–H groups in total. The van der Waals surface area contributed by atoms with Gasteiger partial charge >= 0.3 is 0 Å². The molecule has 0 aliphatic rings. The first-order chi connectivity index (χ1) is 14.0. The van der Waals surface area contributed by atoms with Crippen LogP contribution in [0.3, 0.4) is 0 Å². The summed E-state index contributed by atoms with van der Waals surface area (Å²) in [7, 11) is -3.98. The van der Waals surface area contributed by atoms with Gasteiger partial charge in [0.15, 0.2) is 0 Å². The third kappa shape index (κ3) is 17.9. The summed E-state index contributed by atoms with van der Waals surface area (Å²) in [5.41, 5.74) is 0. The van der Waals surface area contributed by atoms with E-state index in [0.29, 0.717) is 12.8 Å². The third-order valence-corrected chi connectivity index (χ3v) is 5.40. The monoisotopic (exact) mass is 432 g/mol. The van der Waals surface area contributed by atoms with E-state index in [4.69, 9.17) is 0 Å². The van der Waals surface area contributed by atoms with Crippen molar-refractivity contribution in [1.82, 2.24) is 4.57 Å². The lowest BCUT2D eigenvalue weighted by molar-refractivity contribution is -0.696. The standard InChI is InChI=1S/C16H31N2.C6H15O4P/c1-3-5-6-7-8-9-10-11-13-18-15-14-17(16-18)12-4-2;1-3-5-9-11(7,8)10-6-4-2/h14-16H,3-13H2,1-2H3;3-6H2,1-2H3,(H,7,8)/q+1;/p-1. The third-order valence-electron chi connectivity index (χ3n) is 4.40. The number of phosphoric acid groups is 1. The molecule has 29 heavy (non-hydrogen) atoms. The van der Waals surface area contributed by atoms with Gasteiger partial charge < -0.3 is 13.9 Å². The summed E-state index contributed by atoms with van der Waals surface area (Å²) in [6.45, 7) is 10.9. The summed E-state index contributed by atoms with van der Waals surface area (Å²) in [6, 6.07) is 0. The van der Waals surface area contributed by atoms with Gasteiger partial charge in [-0.3, -0.25) is 4.57 Å². The normalized spacial score (nSPS) is 11.3. The number of hydrogen-bond acceptors (Lipinski definition) is 4. The molecule has 0 saturated heterocycles.